The number of piperazine rings is 1. The van der Waals surface area contributed by atoms with Gasteiger partial charge in [-0.05, 0) is 43.4 Å². The third-order valence-electron chi connectivity index (χ3n) is 5.02. The number of hydrogen-bond donors (Lipinski definition) is 4. The van der Waals surface area contributed by atoms with E-state index in [4.69, 9.17) is 43.6 Å². The van der Waals surface area contributed by atoms with Crippen LogP contribution in [0, 0.1) is 11.3 Å². The smallest absolute Gasteiger partial charge is 0.335 e. The highest BCUT2D eigenvalue weighted by molar-refractivity contribution is 8.00. The van der Waals surface area contributed by atoms with E-state index >= 15 is 0 Å². The van der Waals surface area contributed by atoms with Crippen LogP contribution in [0.5, 0.6) is 0 Å². The molecule has 1 aliphatic heterocycles. The van der Waals surface area contributed by atoms with Crippen molar-refractivity contribution in [2.24, 2.45) is 0 Å². The number of nitrogens with zero attached hydrogens (tertiary/aromatic N) is 3. The van der Waals surface area contributed by atoms with Crippen molar-refractivity contribution in [2.45, 2.75) is 26.9 Å². The van der Waals surface area contributed by atoms with E-state index < -0.39 is 34.2 Å². The average Bonchev–Trinajstić information content (AvgIpc) is 2.83. The first-order chi connectivity index (χ1) is 17.3. The largest absolute Gasteiger partial charge is 0.479 e. The summed E-state index contributed by atoms with van der Waals surface area (Å²) in [7, 11) is -1.76. The summed E-state index contributed by atoms with van der Waals surface area (Å²) >= 11 is 13.4. The minimum absolute atomic E-state index is 0.132. The number of hydrogen-bond acceptors (Lipinski definition) is 9. The summed E-state index contributed by atoms with van der Waals surface area (Å²) in [5.74, 6) is -3.54. The van der Waals surface area contributed by atoms with E-state index in [9.17, 15) is 23.3 Å². The molecule has 2 aromatic carbocycles. The van der Waals surface area contributed by atoms with Crippen LogP contribution in [-0.2, 0) is 19.6 Å². The van der Waals surface area contributed by atoms with E-state index in [0.717, 1.165) is 4.90 Å². The predicted octanol–water partition coefficient (Wildman–Crippen LogP) is 1.83. The minimum atomic E-state index is -3.72. The van der Waals surface area contributed by atoms with Gasteiger partial charge in [-0.25, -0.2) is 18.0 Å². The molecular formula is C22H23Cl2N3O8S2. The molecule has 1 heterocycles. The van der Waals surface area contributed by atoms with Crippen molar-refractivity contribution in [2.75, 3.05) is 33.2 Å². The van der Waals surface area contributed by atoms with Crippen LogP contribution < -0.4 is 0 Å². The second-order valence-corrected chi connectivity index (χ2v) is 11.6. The quantitative estimate of drug-likeness (QED) is 0.369. The molecule has 0 spiro atoms. The summed E-state index contributed by atoms with van der Waals surface area (Å²) in [6, 6.07) is 11.8. The standard InChI is InChI=1S/C18H17Cl2N3O2S2.C4H6O6/c1-22-4-6-23(7-5-22)27(24,25)18-8-13(12-21)2-3-17(18)26-16-10-14(19)9-15(20)11-16;5-1(3(7)8)2(6)4(9)10/h2-3,8-11H,4-7H2,1H3;1-2,5-6H,(H,7,8)(H,9,10). The average molecular weight is 592 g/mol. The fraction of sp³-hybridized carbons (Fsp3) is 0.318. The van der Waals surface area contributed by atoms with Gasteiger partial charge in [-0.2, -0.15) is 9.57 Å². The molecule has 2 aromatic rings. The Balaban J connectivity index is 0.000000410. The van der Waals surface area contributed by atoms with Crippen molar-refractivity contribution in [1.29, 1.82) is 5.26 Å². The van der Waals surface area contributed by atoms with Crippen LogP contribution in [0.2, 0.25) is 10.0 Å². The van der Waals surface area contributed by atoms with Gasteiger partial charge in [-0.1, -0.05) is 35.0 Å². The molecule has 0 bridgehead atoms. The molecule has 0 aromatic heterocycles. The highest BCUT2D eigenvalue weighted by Crippen LogP contribution is 2.37. The van der Waals surface area contributed by atoms with Crippen molar-refractivity contribution in [1.82, 2.24) is 9.21 Å². The lowest BCUT2D eigenvalue weighted by Crippen LogP contribution is -2.47. The van der Waals surface area contributed by atoms with Crippen LogP contribution in [0.3, 0.4) is 0 Å². The van der Waals surface area contributed by atoms with Gasteiger partial charge in [-0.15, -0.1) is 0 Å². The van der Waals surface area contributed by atoms with Crippen molar-refractivity contribution in [3.05, 3.63) is 52.0 Å². The number of sulfonamides is 1. The summed E-state index contributed by atoms with van der Waals surface area (Å²) in [6.45, 7) is 2.18. The number of benzene rings is 2. The van der Waals surface area contributed by atoms with Gasteiger partial charge in [0, 0.05) is 46.0 Å². The second kappa shape index (κ2) is 13.4. The predicted molar refractivity (Wildman–Crippen MR) is 135 cm³/mol. The lowest BCUT2D eigenvalue weighted by molar-refractivity contribution is -0.165. The van der Waals surface area contributed by atoms with E-state index in [1.807, 2.05) is 13.1 Å². The molecule has 37 heavy (non-hydrogen) atoms. The van der Waals surface area contributed by atoms with Crippen LogP contribution in [0.25, 0.3) is 0 Å². The van der Waals surface area contributed by atoms with E-state index in [1.54, 1.807) is 30.3 Å². The van der Waals surface area contributed by atoms with E-state index in [2.05, 4.69) is 4.90 Å². The zero-order chi connectivity index (χ0) is 27.9. The van der Waals surface area contributed by atoms with E-state index in [1.165, 1.54) is 22.1 Å². The fourth-order valence-electron chi connectivity index (χ4n) is 3.02. The third-order valence-corrected chi connectivity index (χ3v) is 8.57. The number of nitriles is 1. The van der Waals surface area contributed by atoms with Gasteiger partial charge in [0.25, 0.3) is 0 Å². The molecule has 0 amide bonds. The SMILES string of the molecule is CN1CCN(S(=O)(=O)c2cc(C#N)ccc2Sc2cc(Cl)cc(Cl)c2)CC1.O=C(O)C(O)C(O)C(=O)O. The highest BCUT2D eigenvalue weighted by atomic mass is 35.5. The number of aliphatic hydroxyl groups excluding tert-OH is 2. The zero-order valence-corrected chi connectivity index (χ0v) is 22.4. The Morgan fingerprint density at radius 2 is 1.49 bits per heavy atom. The maximum Gasteiger partial charge on any atom is 0.335 e. The molecule has 4 N–H and O–H groups in total. The Labute approximate surface area is 227 Å². The Hall–Kier alpha value is -2.41. The van der Waals surface area contributed by atoms with Gasteiger partial charge in [0.1, 0.15) is 0 Å². The van der Waals surface area contributed by atoms with Gasteiger partial charge in [-0.3, -0.25) is 0 Å². The van der Waals surface area contributed by atoms with E-state index in [-0.39, 0.29) is 4.90 Å². The van der Waals surface area contributed by atoms with Crippen molar-refractivity contribution < 1.29 is 38.4 Å². The summed E-state index contributed by atoms with van der Waals surface area (Å²) in [5.41, 5.74) is 0.302. The van der Waals surface area contributed by atoms with Crippen molar-refractivity contribution in [3.8, 4) is 6.07 Å². The number of likely N-dealkylation sites (N-methyl/N-ethyl adjacent to an activating group) is 1. The maximum atomic E-state index is 13.2. The first-order valence-corrected chi connectivity index (χ1v) is 13.5. The number of aliphatic hydroxyl groups is 2. The van der Waals surface area contributed by atoms with Crippen LogP contribution >= 0.6 is 35.0 Å². The molecular weight excluding hydrogens is 569 g/mol. The summed E-state index contributed by atoms with van der Waals surface area (Å²) in [6.07, 6.45) is -4.53. The van der Waals surface area contributed by atoms with Gasteiger partial charge < -0.3 is 25.3 Å². The molecule has 3 rings (SSSR count). The Kier molecular flexibility index (Phi) is 11.2. The molecule has 1 saturated heterocycles. The molecule has 1 fully saturated rings. The summed E-state index contributed by atoms with van der Waals surface area (Å²) < 4.78 is 27.9. The Bertz CT molecular complexity index is 1260. The van der Waals surface area contributed by atoms with Gasteiger partial charge in [0.15, 0.2) is 12.2 Å². The molecule has 200 valence electrons. The lowest BCUT2D eigenvalue weighted by atomic mass is 10.2. The van der Waals surface area contributed by atoms with Crippen molar-refractivity contribution >= 4 is 56.9 Å². The number of carboxylic acids is 2. The number of aliphatic carboxylic acids is 2. The van der Waals surface area contributed by atoms with Crippen LogP contribution in [0.15, 0.2) is 51.1 Å². The number of halogens is 2. The van der Waals surface area contributed by atoms with Crippen molar-refractivity contribution in [3.63, 3.8) is 0 Å². The normalized spacial score (nSPS) is 16.1. The first kappa shape index (κ1) is 30.8. The third kappa shape index (κ3) is 8.56. The molecule has 1 aliphatic rings. The zero-order valence-electron chi connectivity index (χ0n) is 19.3. The molecule has 2 unspecified atom stereocenters. The number of rotatable bonds is 7. The van der Waals surface area contributed by atoms with Gasteiger partial charge in [0.2, 0.25) is 10.0 Å². The molecule has 0 saturated carbocycles. The summed E-state index contributed by atoms with van der Waals surface area (Å²) in [4.78, 5) is 23.0. The molecule has 0 radical (unpaired) electrons. The molecule has 15 heteroatoms. The minimum Gasteiger partial charge on any atom is -0.479 e. The summed E-state index contributed by atoms with van der Waals surface area (Å²) in [5, 5.41) is 42.7. The fourth-order valence-corrected chi connectivity index (χ4v) is 6.55. The maximum absolute atomic E-state index is 13.2. The topological polar surface area (TPSA) is 179 Å². The van der Waals surface area contributed by atoms with Crippen LogP contribution in [0.4, 0.5) is 0 Å². The molecule has 0 aliphatic carbocycles. The Morgan fingerprint density at radius 1 is 0.973 bits per heavy atom. The van der Waals surface area contributed by atoms with Gasteiger partial charge >= 0.3 is 11.9 Å². The Morgan fingerprint density at radius 3 is 1.95 bits per heavy atom. The van der Waals surface area contributed by atoms with Gasteiger partial charge in [0.05, 0.1) is 16.5 Å². The highest BCUT2D eigenvalue weighted by Gasteiger charge is 2.30. The first-order valence-electron chi connectivity index (χ1n) is 10.4. The van der Waals surface area contributed by atoms with Crippen LogP contribution in [0.1, 0.15) is 5.56 Å². The van der Waals surface area contributed by atoms with E-state index in [0.29, 0.717) is 46.7 Å². The second-order valence-electron chi connectivity index (χ2n) is 7.75. The molecule has 11 nitrogen and oxygen atoms in total. The van der Waals surface area contributed by atoms with Crippen LogP contribution in [-0.4, -0.2) is 95.4 Å². The molecule has 2 atom stereocenters. The number of carbonyl (C=O) groups is 2. The lowest BCUT2D eigenvalue weighted by Gasteiger charge is -2.32. The monoisotopic (exact) mass is 591 g/mol. The number of carboxylic acid groups (broad SMARTS) is 2.